The summed E-state index contributed by atoms with van der Waals surface area (Å²) in [4.78, 5) is 21.1. The monoisotopic (exact) mass is 368 g/mol. The van der Waals surface area contributed by atoms with E-state index in [-0.39, 0.29) is 23.1 Å². The lowest BCUT2D eigenvalue weighted by molar-refractivity contribution is 0.102. The summed E-state index contributed by atoms with van der Waals surface area (Å²) < 4.78 is 6.89. The van der Waals surface area contributed by atoms with E-state index in [0.717, 1.165) is 5.56 Å². The third-order valence-corrected chi connectivity index (χ3v) is 4.04. The van der Waals surface area contributed by atoms with Crippen molar-refractivity contribution in [2.75, 3.05) is 17.7 Å². The molecule has 1 aromatic carbocycles. The molecule has 1 amide bonds. The Hall–Kier alpha value is -3.62. The van der Waals surface area contributed by atoms with Gasteiger partial charge in [-0.15, -0.1) is 0 Å². The van der Waals surface area contributed by atoms with E-state index in [0.29, 0.717) is 16.9 Å². The molecule has 0 saturated heterocycles. The molecule has 0 aliphatic carbocycles. The number of hydrogen-bond donors (Lipinski definition) is 3. The second kappa shape index (κ2) is 7.32. The highest BCUT2D eigenvalue weighted by molar-refractivity contribution is 6.06. The summed E-state index contributed by atoms with van der Waals surface area (Å²) in [6, 6.07) is 3.31. The number of hydrogen-bond acceptors (Lipinski definition) is 7. The molecule has 0 aliphatic rings. The number of carbonyl (C=O) groups is 1. The zero-order valence-electron chi connectivity index (χ0n) is 15.4. The van der Waals surface area contributed by atoms with Crippen molar-refractivity contribution in [2.45, 2.75) is 13.8 Å². The minimum Gasteiger partial charge on any atom is -0.508 e. The third kappa shape index (κ3) is 3.81. The highest BCUT2D eigenvalue weighted by Crippen LogP contribution is 2.29. The van der Waals surface area contributed by atoms with Crippen molar-refractivity contribution in [2.24, 2.45) is 7.05 Å². The van der Waals surface area contributed by atoms with Gasteiger partial charge in [0, 0.05) is 25.0 Å². The molecule has 0 aliphatic heterocycles. The average molecular weight is 368 g/mol. The number of methoxy groups -OCH3 is 1. The number of benzene rings is 1. The van der Waals surface area contributed by atoms with Gasteiger partial charge in [-0.05, 0) is 25.5 Å². The van der Waals surface area contributed by atoms with Crippen LogP contribution in [0.1, 0.15) is 21.5 Å². The average Bonchev–Trinajstić information content (AvgIpc) is 3.06. The zero-order chi connectivity index (χ0) is 19.6. The van der Waals surface area contributed by atoms with Crippen LogP contribution in [-0.2, 0) is 7.05 Å². The molecule has 9 heteroatoms. The third-order valence-electron chi connectivity index (χ3n) is 4.04. The Morgan fingerprint density at radius 1 is 1.26 bits per heavy atom. The van der Waals surface area contributed by atoms with E-state index in [1.807, 2.05) is 6.92 Å². The topological polar surface area (TPSA) is 114 Å². The fourth-order valence-corrected chi connectivity index (χ4v) is 2.56. The van der Waals surface area contributed by atoms with Crippen LogP contribution in [-0.4, -0.2) is 37.9 Å². The number of carbonyl (C=O) groups excluding carboxylic acids is 1. The van der Waals surface area contributed by atoms with Crippen molar-refractivity contribution in [1.29, 1.82) is 0 Å². The van der Waals surface area contributed by atoms with Crippen molar-refractivity contribution in [3.63, 3.8) is 0 Å². The second-order valence-corrected chi connectivity index (χ2v) is 6.00. The number of phenols is 1. The molecule has 3 N–H and O–H groups in total. The Morgan fingerprint density at radius 2 is 2.04 bits per heavy atom. The lowest BCUT2D eigenvalue weighted by atomic mass is 10.1. The van der Waals surface area contributed by atoms with E-state index in [1.165, 1.54) is 13.3 Å². The van der Waals surface area contributed by atoms with Crippen LogP contribution in [0.4, 0.5) is 17.3 Å². The number of phenolic OH excluding ortho intramolecular Hbond substituents is 1. The van der Waals surface area contributed by atoms with E-state index in [4.69, 9.17) is 4.74 Å². The molecule has 2 heterocycles. The van der Waals surface area contributed by atoms with Gasteiger partial charge >= 0.3 is 0 Å². The van der Waals surface area contributed by atoms with E-state index in [2.05, 4.69) is 25.7 Å². The summed E-state index contributed by atoms with van der Waals surface area (Å²) in [5.41, 5.74) is 2.84. The number of aryl methyl sites for hydroxylation is 2. The standard InChI is InChI=1S/C18H20N6O3/c1-10-5-6-14(25)11(2)15(10)22-16(26)13-8-19-18(23-17(13)27-4)21-12-7-20-24(3)9-12/h5-9,25H,1-4H3,(H,22,26)(H,19,21,23). The molecule has 0 atom stereocenters. The Bertz CT molecular complexity index is 999. The van der Waals surface area contributed by atoms with Gasteiger partial charge < -0.3 is 20.5 Å². The number of aromatic nitrogens is 4. The predicted molar refractivity (Wildman–Crippen MR) is 101 cm³/mol. The maximum Gasteiger partial charge on any atom is 0.262 e. The quantitative estimate of drug-likeness (QED) is 0.634. The first-order valence-electron chi connectivity index (χ1n) is 8.16. The SMILES string of the molecule is COc1nc(Nc2cnn(C)c2)ncc1C(=O)Nc1c(C)ccc(O)c1C. The van der Waals surface area contributed by atoms with E-state index >= 15 is 0 Å². The second-order valence-electron chi connectivity index (χ2n) is 6.00. The van der Waals surface area contributed by atoms with Crippen LogP contribution in [0.2, 0.25) is 0 Å². The first kappa shape index (κ1) is 18.2. The molecule has 9 nitrogen and oxygen atoms in total. The molecule has 0 spiro atoms. The lowest BCUT2D eigenvalue weighted by Gasteiger charge is -2.14. The van der Waals surface area contributed by atoms with Crippen LogP contribution in [0.15, 0.2) is 30.7 Å². The van der Waals surface area contributed by atoms with Crippen molar-refractivity contribution in [3.8, 4) is 11.6 Å². The van der Waals surface area contributed by atoms with Crippen LogP contribution in [0, 0.1) is 13.8 Å². The molecule has 2 aromatic heterocycles. The van der Waals surface area contributed by atoms with Gasteiger partial charge in [0.15, 0.2) is 0 Å². The number of anilines is 3. The number of amides is 1. The van der Waals surface area contributed by atoms with Gasteiger partial charge in [-0.3, -0.25) is 9.48 Å². The Kier molecular flexibility index (Phi) is 4.93. The Balaban J connectivity index is 1.86. The van der Waals surface area contributed by atoms with E-state index < -0.39 is 5.91 Å². The summed E-state index contributed by atoms with van der Waals surface area (Å²) in [5.74, 6) is 0.0807. The largest absolute Gasteiger partial charge is 0.508 e. The minimum atomic E-state index is -0.434. The summed E-state index contributed by atoms with van der Waals surface area (Å²) in [6.07, 6.45) is 4.78. The van der Waals surface area contributed by atoms with E-state index in [9.17, 15) is 9.90 Å². The van der Waals surface area contributed by atoms with Gasteiger partial charge in [0.2, 0.25) is 11.8 Å². The fraction of sp³-hybridized carbons (Fsp3) is 0.222. The number of rotatable bonds is 5. The molecule has 27 heavy (non-hydrogen) atoms. The van der Waals surface area contributed by atoms with Gasteiger partial charge in [0.1, 0.15) is 11.3 Å². The summed E-state index contributed by atoms with van der Waals surface area (Å²) in [6.45, 7) is 3.57. The molecule has 3 aromatic rings. The maximum absolute atomic E-state index is 12.7. The molecule has 0 bridgehead atoms. The van der Waals surface area contributed by atoms with Crippen molar-refractivity contribution < 1.29 is 14.6 Å². The lowest BCUT2D eigenvalue weighted by Crippen LogP contribution is -2.16. The van der Waals surface area contributed by atoms with Crippen LogP contribution in [0.25, 0.3) is 0 Å². The number of ether oxygens (including phenoxy) is 1. The Labute approximate surface area is 156 Å². The molecule has 0 unspecified atom stereocenters. The minimum absolute atomic E-state index is 0.107. The van der Waals surface area contributed by atoms with Gasteiger partial charge in [-0.2, -0.15) is 10.1 Å². The zero-order valence-corrected chi connectivity index (χ0v) is 15.4. The molecular formula is C18H20N6O3. The molecule has 0 fully saturated rings. The summed E-state index contributed by atoms with van der Waals surface area (Å²) in [5, 5.41) is 19.7. The normalized spacial score (nSPS) is 10.5. The van der Waals surface area contributed by atoms with Gasteiger partial charge in [0.25, 0.3) is 5.91 Å². The molecular weight excluding hydrogens is 348 g/mol. The molecule has 0 radical (unpaired) electrons. The molecule has 3 rings (SSSR count). The van der Waals surface area contributed by atoms with Crippen molar-refractivity contribution >= 4 is 23.2 Å². The van der Waals surface area contributed by atoms with Gasteiger partial charge in [-0.1, -0.05) is 6.07 Å². The number of nitrogens with one attached hydrogen (secondary N) is 2. The maximum atomic E-state index is 12.7. The summed E-state index contributed by atoms with van der Waals surface area (Å²) in [7, 11) is 3.23. The van der Waals surface area contributed by atoms with Crippen molar-refractivity contribution in [1.82, 2.24) is 19.7 Å². The van der Waals surface area contributed by atoms with Crippen LogP contribution < -0.4 is 15.4 Å². The van der Waals surface area contributed by atoms with Crippen LogP contribution >= 0.6 is 0 Å². The van der Waals surface area contributed by atoms with E-state index in [1.54, 1.807) is 43.2 Å². The first-order chi connectivity index (χ1) is 12.9. The summed E-state index contributed by atoms with van der Waals surface area (Å²) >= 11 is 0. The highest BCUT2D eigenvalue weighted by atomic mass is 16.5. The predicted octanol–water partition coefficient (Wildman–Crippen LogP) is 2.54. The molecule has 140 valence electrons. The Morgan fingerprint density at radius 3 is 2.70 bits per heavy atom. The fourth-order valence-electron chi connectivity index (χ4n) is 2.56. The number of aromatic hydroxyl groups is 1. The van der Waals surface area contributed by atoms with Crippen molar-refractivity contribution in [3.05, 3.63) is 47.4 Å². The molecule has 0 saturated carbocycles. The van der Waals surface area contributed by atoms with Gasteiger partial charge in [-0.25, -0.2) is 4.98 Å². The first-order valence-corrected chi connectivity index (χ1v) is 8.16. The smallest absolute Gasteiger partial charge is 0.262 e. The van der Waals surface area contributed by atoms with Crippen LogP contribution in [0.3, 0.4) is 0 Å². The van der Waals surface area contributed by atoms with Crippen LogP contribution in [0.5, 0.6) is 11.6 Å². The highest BCUT2D eigenvalue weighted by Gasteiger charge is 2.18. The van der Waals surface area contributed by atoms with Gasteiger partial charge in [0.05, 0.1) is 24.7 Å². The number of nitrogens with zero attached hydrogens (tertiary/aromatic N) is 4.